The van der Waals surface area contributed by atoms with Gasteiger partial charge in [0.2, 0.25) is 47.3 Å². The number of carbonyl (C=O) groups is 10. The lowest BCUT2D eigenvalue weighted by Crippen LogP contribution is -2.60. The molecule has 0 spiro atoms. The third kappa shape index (κ3) is 17.2. The molecule has 15 N–H and O–H groups in total. The third-order valence-electron chi connectivity index (χ3n) is 13.7. The molecule has 10 atom stereocenters. The second-order valence-corrected chi connectivity index (χ2v) is 19.9. The number of aliphatic hydroxyl groups is 1. The fraction of sp³-hybridized carbons (Fsp3) is 0.653. The monoisotopic (exact) mass is 1060 g/mol. The van der Waals surface area contributed by atoms with Crippen LogP contribution in [0.4, 0.5) is 0 Å². The minimum absolute atomic E-state index is 0.0314. The molecule has 0 bridgehead atoms. The van der Waals surface area contributed by atoms with Crippen LogP contribution in [0.3, 0.4) is 0 Å². The number of carboxylic acids is 2. The molecule has 3 heterocycles. The van der Waals surface area contributed by atoms with Crippen molar-refractivity contribution in [2.45, 2.75) is 159 Å². The smallest absolute Gasteiger partial charge is 0.326 e. The Balaban J connectivity index is 1.50. The average molecular weight is 1060 g/mol. The first-order chi connectivity index (χ1) is 35.5. The Bertz CT molecular complexity index is 2240. The normalized spacial score (nSPS) is 20.1. The van der Waals surface area contributed by atoms with Crippen molar-refractivity contribution in [3.05, 3.63) is 29.8 Å². The number of amides is 8. The summed E-state index contributed by atoms with van der Waals surface area (Å²) in [7, 11) is 0. The molecule has 3 saturated heterocycles. The predicted octanol–water partition coefficient (Wildman–Crippen LogP) is -2.64. The number of rotatable bonds is 27. The number of aliphatic imine (C=N–C) groups is 1. The molecule has 3 aliphatic rings. The topological polar surface area (TPSA) is 412 Å². The van der Waals surface area contributed by atoms with Gasteiger partial charge in [0.25, 0.3) is 0 Å². The van der Waals surface area contributed by atoms with Crippen molar-refractivity contribution in [1.29, 1.82) is 0 Å². The van der Waals surface area contributed by atoms with E-state index in [1.54, 1.807) is 26.0 Å². The molecule has 0 radical (unpaired) electrons. The van der Waals surface area contributed by atoms with E-state index < -0.39 is 127 Å². The van der Waals surface area contributed by atoms with Gasteiger partial charge >= 0.3 is 11.9 Å². The zero-order chi connectivity index (χ0) is 55.7. The predicted molar refractivity (Wildman–Crippen MR) is 269 cm³/mol. The van der Waals surface area contributed by atoms with Gasteiger partial charge < -0.3 is 78.9 Å². The van der Waals surface area contributed by atoms with Gasteiger partial charge in [-0.3, -0.25) is 48.1 Å². The second kappa shape index (κ2) is 28.5. The lowest BCUT2D eigenvalue weighted by Gasteiger charge is -2.32. The number of aromatic hydroxyl groups is 1. The van der Waals surface area contributed by atoms with Gasteiger partial charge in [-0.2, -0.15) is 0 Å². The van der Waals surface area contributed by atoms with E-state index in [2.05, 4.69) is 31.6 Å². The highest BCUT2D eigenvalue weighted by Gasteiger charge is 2.44. The first kappa shape index (κ1) is 60.5. The van der Waals surface area contributed by atoms with E-state index in [1.165, 1.54) is 21.9 Å². The summed E-state index contributed by atoms with van der Waals surface area (Å²) in [6.45, 7) is 6.53. The maximum Gasteiger partial charge on any atom is 0.326 e. The zero-order valence-corrected chi connectivity index (χ0v) is 43.1. The van der Waals surface area contributed by atoms with E-state index >= 15 is 0 Å². The molecule has 3 fully saturated rings. The van der Waals surface area contributed by atoms with Crippen molar-refractivity contribution >= 4 is 65.2 Å². The number of aliphatic hydroxyl groups excluding tert-OH is 1. The van der Waals surface area contributed by atoms with Gasteiger partial charge in [-0.05, 0) is 87.3 Å². The molecular formula is C49H76N12O14. The molecule has 3 aliphatic heterocycles. The lowest BCUT2D eigenvalue weighted by atomic mass is 9.98. The van der Waals surface area contributed by atoms with Gasteiger partial charge in [0.15, 0.2) is 5.96 Å². The number of guanidine groups is 1. The summed E-state index contributed by atoms with van der Waals surface area (Å²) in [6.07, 6.45) is 1.37. The maximum atomic E-state index is 14.6. The SMILES string of the molecule is CC[C@H](C)[C@H](NC(=O)[C@H](CCCN=C(N)N)NC(=O)[C@H](CO)NC(=O)[C@@H]1CCCN1C(=O)[C@H](CC(=O)O)NC(=O)[C@@H]1CCCN1C(=O)[C@H](Cc1ccc(O)cc1)NC(=O)[C@@H]1CCCN1C(=O)[C@@H](N)CC(C)C)C(=O)O. The Kier molecular flexibility index (Phi) is 23.0. The highest BCUT2D eigenvalue weighted by Crippen LogP contribution is 2.25. The highest BCUT2D eigenvalue weighted by molar-refractivity contribution is 5.99. The molecule has 0 aromatic heterocycles. The Labute approximate surface area is 435 Å². The van der Waals surface area contributed by atoms with E-state index in [0.717, 1.165) is 4.90 Å². The molecule has 0 aliphatic carbocycles. The number of benzene rings is 1. The van der Waals surface area contributed by atoms with Crippen LogP contribution in [0, 0.1) is 11.8 Å². The quantitative estimate of drug-likeness (QED) is 0.0243. The van der Waals surface area contributed by atoms with Crippen LogP contribution < -0.4 is 43.8 Å². The number of nitrogens with two attached hydrogens (primary N) is 3. The summed E-state index contributed by atoms with van der Waals surface area (Å²) in [5.41, 5.74) is 17.6. The summed E-state index contributed by atoms with van der Waals surface area (Å²) < 4.78 is 0. The molecule has 1 aromatic carbocycles. The van der Waals surface area contributed by atoms with Gasteiger partial charge in [0, 0.05) is 32.6 Å². The molecule has 8 amide bonds. The van der Waals surface area contributed by atoms with Crippen molar-refractivity contribution in [3.63, 3.8) is 0 Å². The van der Waals surface area contributed by atoms with Crippen LogP contribution in [0.25, 0.3) is 0 Å². The van der Waals surface area contributed by atoms with E-state index in [1.807, 2.05) is 13.8 Å². The molecule has 0 unspecified atom stereocenters. The van der Waals surface area contributed by atoms with Crippen molar-refractivity contribution in [3.8, 4) is 5.75 Å². The molecule has 4 rings (SSSR count). The molecule has 26 heteroatoms. The van der Waals surface area contributed by atoms with Gasteiger partial charge in [-0.15, -0.1) is 0 Å². The number of hydrogen-bond donors (Lipinski definition) is 12. The summed E-state index contributed by atoms with van der Waals surface area (Å²) >= 11 is 0. The first-order valence-corrected chi connectivity index (χ1v) is 25.5. The van der Waals surface area contributed by atoms with Gasteiger partial charge in [0.1, 0.15) is 54.1 Å². The van der Waals surface area contributed by atoms with Crippen LogP contribution in [0.2, 0.25) is 0 Å². The number of phenols is 1. The van der Waals surface area contributed by atoms with Gasteiger partial charge in [0.05, 0.1) is 19.1 Å². The summed E-state index contributed by atoms with van der Waals surface area (Å²) in [6, 6.07) is -5.77. The number of carbonyl (C=O) groups excluding carboxylic acids is 8. The largest absolute Gasteiger partial charge is 0.508 e. The molecule has 0 saturated carbocycles. The van der Waals surface area contributed by atoms with Crippen LogP contribution in [0.5, 0.6) is 5.75 Å². The van der Waals surface area contributed by atoms with Crippen molar-refractivity contribution in [1.82, 2.24) is 41.3 Å². The number of nitrogens with zero attached hydrogens (tertiary/aromatic N) is 4. The van der Waals surface area contributed by atoms with E-state index in [0.29, 0.717) is 37.7 Å². The van der Waals surface area contributed by atoms with Crippen LogP contribution in [-0.2, 0) is 54.4 Å². The lowest BCUT2D eigenvalue weighted by molar-refractivity contribution is -0.147. The Hall–Kier alpha value is -7.09. The Morgan fingerprint density at radius 3 is 1.63 bits per heavy atom. The molecule has 416 valence electrons. The van der Waals surface area contributed by atoms with E-state index in [9.17, 15) is 68.4 Å². The van der Waals surface area contributed by atoms with Gasteiger partial charge in [-0.1, -0.05) is 46.2 Å². The molecular weight excluding hydrogens is 981 g/mol. The van der Waals surface area contributed by atoms with E-state index in [-0.39, 0.29) is 88.2 Å². The average Bonchev–Trinajstić information content (AvgIpc) is 4.17. The minimum Gasteiger partial charge on any atom is -0.508 e. The fourth-order valence-electron chi connectivity index (χ4n) is 9.55. The Morgan fingerprint density at radius 2 is 1.16 bits per heavy atom. The molecule has 26 nitrogen and oxygen atoms in total. The molecule has 75 heavy (non-hydrogen) atoms. The maximum absolute atomic E-state index is 14.6. The number of hydrogen-bond acceptors (Lipinski definition) is 14. The fourth-order valence-corrected chi connectivity index (χ4v) is 9.55. The number of phenolic OH excluding ortho intramolecular Hbond substituents is 1. The third-order valence-corrected chi connectivity index (χ3v) is 13.7. The zero-order valence-electron chi connectivity index (χ0n) is 43.1. The number of nitrogens with one attached hydrogen (secondary N) is 5. The van der Waals surface area contributed by atoms with Crippen LogP contribution in [-0.4, -0.2) is 187 Å². The standard InChI is InChI=1S/C49H76N12O14/c1-5-27(4)39(48(74)75)58-40(66)31(10-6-18-53-49(51)52)54-41(67)34(25-62)57-44(70)37-13-9-21-61(37)47(73)33(24-38(64)65)56-43(69)36-12-8-20-60(36)46(72)32(23-28-14-16-29(63)17-15-28)55-42(68)35-11-7-19-59(35)45(71)30(50)22-26(2)3/h14-17,26-27,30-37,39,62-63H,5-13,18-25,50H2,1-4H3,(H,54,67)(H,55,68)(H,56,69)(H,57,70)(H,58,66)(H,64,65)(H,74,75)(H4,51,52,53)/t27-,30-,31-,32-,33-,34-,35-,36-,37-,39-/m0/s1. The molecule has 1 aromatic rings. The summed E-state index contributed by atoms with van der Waals surface area (Å²) in [5, 5.41) is 52.4. The summed E-state index contributed by atoms with van der Waals surface area (Å²) in [4.78, 5) is 143. The van der Waals surface area contributed by atoms with E-state index in [4.69, 9.17) is 17.2 Å². The van der Waals surface area contributed by atoms with Crippen LogP contribution in [0.1, 0.15) is 104 Å². The minimum atomic E-state index is -1.75. The summed E-state index contributed by atoms with van der Waals surface area (Å²) in [5.74, 6) is -9.76. The van der Waals surface area contributed by atoms with Crippen LogP contribution in [0.15, 0.2) is 29.3 Å². The second-order valence-electron chi connectivity index (χ2n) is 19.9. The van der Waals surface area contributed by atoms with Crippen LogP contribution >= 0.6 is 0 Å². The van der Waals surface area contributed by atoms with Crippen molar-refractivity contribution in [2.24, 2.45) is 34.0 Å². The van der Waals surface area contributed by atoms with Gasteiger partial charge in [-0.25, -0.2) is 4.79 Å². The number of carboxylic acid groups (broad SMARTS) is 2. The first-order valence-electron chi connectivity index (χ1n) is 25.5. The van der Waals surface area contributed by atoms with Crippen molar-refractivity contribution in [2.75, 3.05) is 32.8 Å². The Morgan fingerprint density at radius 1 is 0.680 bits per heavy atom. The number of likely N-dealkylation sites (tertiary alicyclic amines) is 3. The highest BCUT2D eigenvalue weighted by atomic mass is 16.4. The number of aliphatic carboxylic acids is 2. The van der Waals surface area contributed by atoms with Crippen molar-refractivity contribution < 1.29 is 68.4 Å².